The van der Waals surface area contributed by atoms with Gasteiger partial charge in [-0.3, -0.25) is 0 Å². The predicted molar refractivity (Wildman–Crippen MR) is 83.2 cm³/mol. The van der Waals surface area contributed by atoms with Crippen molar-refractivity contribution < 1.29 is 26.5 Å². The Hall–Kier alpha value is -2.28. The molecule has 124 valence electrons. The lowest BCUT2D eigenvalue weighted by atomic mass is 10.1. The van der Waals surface area contributed by atoms with Crippen molar-refractivity contribution in [3.05, 3.63) is 47.3 Å². The monoisotopic (exact) mass is 340 g/mol. The average molecular weight is 340 g/mol. The Kier molecular flexibility index (Phi) is 4.79. The fourth-order valence-corrected chi connectivity index (χ4v) is 3.17. The van der Waals surface area contributed by atoms with Gasteiger partial charge in [0.2, 0.25) is 0 Å². The van der Waals surface area contributed by atoms with Crippen LogP contribution >= 0.6 is 0 Å². The average Bonchev–Trinajstić information content (AvgIpc) is 2.44. The first-order valence-electron chi connectivity index (χ1n) is 6.71. The van der Waals surface area contributed by atoms with E-state index in [9.17, 15) is 12.8 Å². The van der Waals surface area contributed by atoms with E-state index in [2.05, 4.69) is 0 Å². The van der Waals surface area contributed by atoms with Crippen molar-refractivity contribution in [1.82, 2.24) is 0 Å². The molecule has 0 aliphatic heterocycles. The molecular formula is C16H17FO5S. The second-order valence-corrected chi connectivity index (χ2v) is 6.51. The fourth-order valence-electron chi connectivity index (χ4n) is 2.18. The number of aryl methyl sites for hydroxylation is 2. The maximum absolute atomic E-state index is 14.1. The zero-order valence-corrected chi connectivity index (χ0v) is 14.0. The molecule has 2 aromatic rings. The van der Waals surface area contributed by atoms with E-state index in [-0.39, 0.29) is 17.2 Å². The lowest BCUT2D eigenvalue weighted by Gasteiger charge is -2.12. The standard InChI is InChI=1S/C16H17FO5S/c1-10-5-11(2)7-12(6-10)22-23(18,19)16-9-15(21-4)14(20-3)8-13(16)17/h5-9H,1-4H3. The van der Waals surface area contributed by atoms with Gasteiger partial charge in [-0.1, -0.05) is 6.07 Å². The zero-order chi connectivity index (χ0) is 17.2. The third kappa shape index (κ3) is 3.73. The largest absolute Gasteiger partial charge is 0.493 e. The summed E-state index contributed by atoms with van der Waals surface area (Å²) >= 11 is 0. The van der Waals surface area contributed by atoms with Gasteiger partial charge in [-0.05, 0) is 37.1 Å². The maximum atomic E-state index is 14.1. The van der Waals surface area contributed by atoms with Gasteiger partial charge in [-0.2, -0.15) is 8.42 Å². The molecule has 0 saturated carbocycles. The molecule has 0 bridgehead atoms. The number of benzene rings is 2. The van der Waals surface area contributed by atoms with Gasteiger partial charge in [-0.25, -0.2) is 4.39 Å². The Morgan fingerprint density at radius 2 is 1.39 bits per heavy atom. The second-order valence-electron chi connectivity index (χ2n) is 5.00. The Balaban J connectivity index is 2.47. The van der Waals surface area contributed by atoms with Crippen LogP contribution in [0.3, 0.4) is 0 Å². The van der Waals surface area contributed by atoms with Gasteiger partial charge in [0.15, 0.2) is 11.5 Å². The lowest BCUT2D eigenvalue weighted by molar-refractivity contribution is 0.349. The topological polar surface area (TPSA) is 61.8 Å². The Morgan fingerprint density at radius 1 is 0.870 bits per heavy atom. The van der Waals surface area contributed by atoms with E-state index in [1.165, 1.54) is 14.2 Å². The molecule has 7 heteroatoms. The number of methoxy groups -OCH3 is 2. The highest BCUT2D eigenvalue weighted by atomic mass is 32.2. The Bertz CT molecular complexity index is 810. The van der Waals surface area contributed by atoms with Gasteiger partial charge >= 0.3 is 10.1 Å². The van der Waals surface area contributed by atoms with Gasteiger partial charge in [0.1, 0.15) is 16.5 Å². The summed E-state index contributed by atoms with van der Waals surface area (Å²) in [5.41, 5.74) is 1.67. The molecule has 0 unspecified atom stereocenters. The summed E-state index contributed by atoms with van der Waals surface area (Å²) in [5.74, 6) is -0.671. The minimum absolute atomic E-state index is 0.0929. The predicted octanol–water partition coefficient (Wildman–Crippen LogP) is 3.23. The molecule has 0 spiro atoms. The molecule has 0 N–H and O–H groups in total. The van der Waals surface area contributed by atoms with Crippen molar-refractivity contribution in [2.75, 3.05) is 14.2 Å². The molecular weight excluding hydrogens is 323 g/mol. The van der Waals surface area contributed by atoms with E-state index in [0.717, 1.165) is 23.3 Å². The molecule has 0 aliphatic carbocycles. The number of hydrogen-bond acceptors (Lipinski definition) is 5. The van der Waals surface area contributed by atoms with Crippen molar-refractivity contribution in [3.63, 3.8) is 0 Å². The van der Waals surface area contributed by atoms with Gasteiger partial charge in [0.25, 0.3) is 0 Å². The molecule has 23 heavy (non-hydrogen) atoms. The highest BCUT2D eigenvalue weighted by Gasteiger charge is 2.25. The first-order chi connectivity index (χ1) is 10.8. The van der Waals surface area contributed by atoms with Gasteiger partial charge < -0.3 is 13.7 Å². The van der Waals surface area contributed by atoms with E-state index in [0.29, 0.717) is 0 Å². The number of halogens is 1. The first kappa shape index (κ1) is 17.1. The quantitative estimate of drug-likeness (QED) is 0.782. The van der Waals surface area contributed by atoms with Gasteiger partial charge in [0, 0.05) is 12.1 Å². The number of ether oxygens (including phenoxy) is 2. The summed E-state index contributed by atoms with van der Waals surface area (Å²) < 4.78 is 53.8. The maximum Gasteiger partial charge on any atom is 0.342 e. The van der Waals surface area contributed by atoms with Crippen LogP contribution in [-0.2, 0) is 10.1 Å². The van der Waals surface area contributed by atoms with E-state index in [1.54, 1.807) is 12.1 Å². The third-order valence-electron chi connectivity index (χ3n) is 3.11. The summed E-state index contributed by atoms with van der Waals surface area (Å²) in [6.07, 6.45) is 0. The van der Waals surface area contributed by atoms with Crippen molar-refractivity contribution in [2.45, 2.75) is 18.7 Å². The zero-order valence-electron chi connectivity index (χ0n) is 13.2. The number of hydrogen-bond donors (Lipinski definition) is 0. The molecule has 2 aromatic carbocycles. The van der Waals surface area contributed by atoms with Gasteiger partial charge in [0.05, 0.1) is 14.2 Å². The van der Waals surface area contributed by atoms with Crippen LogP contribution in [0.2, 0.25) is 0 Å². The molecule has 5 nitrogen and oxygen atoms in total. The normalized spacial score (nSPS) is 11.2. The molecule has 0 atom stereocenters. The summed E-state index contributed by atoms with van der Waals surface area (Å²) in [7, 11) is -1.68. The van der Waals surface area contributed by atoms with Crippen LogP contribution in [-0.4, -0.2) is 22.6 Å². The van der Waals surface area contributed by atoms with Crippen LogP contribution in [0.1, 0.15) is 11.1 Å². The molecule has 0 aliphatic rings. The minimum atomic E-state index is -4.35. The van der Waals surface area contributed by atoms with E-state index in [4.69, 9.17) is 13.7 Å². The van der Waals surface area contributed by atoms with Crippen LogP contribution in [0.25, 0.3) is 0 Å². The van der Waals surface area contributed by atoms with Gasteiger partial charge in [-0.15, -0.1) is 0 Å². The fraction of sp³-hybridized carbons (Fsp3) is 0.250. The van der Waals surface area contributed by atoms with Crippen LogP contribution in [0.15, 0.2) is 35.2 Å². The lowest BCUT2D eigenvalue weighted by Crippen LogP contribution is -2.12. The summed E-state index contributed by atoms with van der Waals surface area (Å²) in [5, 5.41) is 0. The Morgan fingerprint density at radius 3 is 1.91 bits per heavy atom. The summed E-state index contributed by atoms with van der Waals surface area (Å²) in [4.78, 5) is -0.616. The second kappa shape index (κ2) is 6.45. The summed E-state index contributed by atoms with van der Waals surface area (Å²) in [6, 6.07) is 6.96. The van der Waals surface area contributed by atoms with Crippen LogP contribution in [0.4, 0.5) is 4.39 Å². The molecule has 0 heterocycles. The van der Waals surface area contributed by atoms with Crippen molar-refractivity contribution in [2.24, 2.45) is 0 Å². The van der Waals surface area contributed by atoms with E-state index < -0.39 is 20.8 Å². The van der Waals surface area contributed by atoms with Crippen molar-refractivity contribution >= 4 is 10.1 Å². The smallest absolute Gasteiger partial charge is 0.342 e. The molecule has 0 aromatic heterocycles. The van der Waals surface area contributed by atoms with Crippen LogP contribution in [0.5, 0.6) is 17.2 Å². The molecule has 0 radical (unpaired) electrons. The highest BCUT2D eigenvalue weighted by Crippen LogP contribution is 2.33. The minimum Gasteiger partial charge on any atom is -0.493 e. The van der Waals surface area contributed by atoms with Crippen LogP contribution < -0.4 is 13.7 Å². The van der Waals surface area contributed by atoms with E-state index in [1.807, 2.05) is 19.9 Å². The Labute approximate surface area is 134 Å². The molecule has 0 amide bonds. The van der Waals surface area contributed by atoms with Crippen LogP contribution in [0, 0.1) is 19.7 Å². The summed E-state index contributed by atoms with van der Waals surface area (Å²) in [6.45, 7) is 3.62. The SMILES string of the molecule is COc1cc(F)c(S(=O)(=O)Oc2cc(C)cc(C)c2)cc1OC. The van der Waals surface area contributed by atoms with E-state index >= 15 is 0 Å². The number of rotatable bonds is 5. The highest BCUT2D eigenvalue weighted by molar-refractivity contribution is 7.87. The molecule has 2 rings (SSSR count). The molecule has 0 fully saturated rings. The van der Waals surface area contributed by atoms with Crippen molar-refractivity contribution in [1.29, 1.82) is 0 Å². The first-order valence-corrected chi connectivity index (χ1v) is 8.12. The third-order valence-corrected chi connectivity index (χ3v) is 4.37. The van der Waals surface area contributed by atoms with Crippen molar-refractivity contribution in [3.8, 4) is 17.2 Å². The molecule has 0 saturated heterocycles.